The number of carbonyl (C=O) groups excluding carboxylic acids is 4. The number of ether oxygens (including phenoxy) is 1. The normalized spacial score (nSPS) is 25.3. The van der Waals surface area contributed by atoms with Gasteiger partial charge in [0.15, 0.2) is 0 Å². The van der Waals surface area contributed by atoms with Gasteiger partial charge in [-0.1, -0.05) is 60.1 Å². The zero-order chi connectivity index (χ0) is 25.4. The number of anilines is 1. The van der Waals surface area contributed by atoms with Gasteiger partial charge in [-0.25, -0.2) is 9.69 Å². The minimum Gasteiger partial charge on any atom is -0.462 e. The number of imide groups is 1. The fourth-order valence-corrected chi connectivity index (χ4v) is 6.84. The molecule has 0 spiro atoms. The summed E-state index contributed by atoms with van der Waals surface area (Å²) in [4.78, 5) is 55.4. The van der Waals surface area contributed by atoms with E-state index in [1.807, 2.05) is 48.5 Å². The van der Waals surface area contributed by atoms with Crippen molar-refractivity contribution >= 4 is 40.9 Å². The van der Waals surface area contributed by atoms with Crippen molar-refractivity contribution in [2.45, 2.75) is 25.2 Å². The Morgan fingerprint density at radius 3 is 2.14 bits per heavy atom. The molecule has 6 nitrogen and oxygen atoms in total. The van der Waals surface area contributed by atoms with Crippen molar-refractivity contribution in [1.82, 2.24) is 0 Å². The highest BCUT2D eigenvalue weighted by Crippen LogP contribution is 2.64. The van der Waals surface area contributed by atoms with Crippen LogP contribution in [-0.4, -0.2) is 30.2 Å². The maximum Gasteiger partial charge on any atom is 0.339 e. The zero-order valence-electron chi connectivity index (χ0n) is 19.7. The lowest BCUT2D eigenvalue weighted by Gasteiger charge is -2.52. The number of ketones is 1. The minimum atomic E-state index is -1.27. The summed E-state index contributed by atoms with van der Waals surface area (Å²) in [6.07, 6.45) is 0. The van der Waals surface area contributed by atoms with Crippen molar-refractivity contribution in [3.63, 3.8) is 0 Å². The molecule has 0 radical (unpaired) electrons. The molecule has 0 aromatic heterocycles. The van der Waals surface area contributed by atoms with Gasteiger partial charge in [0, 0.05) is 5.92 Å². The van der Waals surface area contributed by atoms with Crippen LogP contribution in [0.1, 0.15) is 52.4 Å². The summed E-state index contributed by atoms with van der Waals surface area (Å²) >= 11 is 6.24. The number of benzene rings is 3. The molecule has 3 aromatic carbocycles. The molecule has 4 aliphatic rings. The van der Waals surface area contributed by atoms with Crippen LogP contribution in [0, 0.1) is 11.8 Å². The van der Waals surface area contributed by atoms with Gasteiger partial charge < -0.3 is 4.74 Å². The molecule has 7 rings (SSSR count). The SMILES string of the molecule is CCOC(=O)c1cc(N2C(=O)[C@H]3C4c5ccccc5C(C(C)=O)(c5ccccc54)[C@H]3C2=O)ccc1Cl. The van der Waals surface area contributed by atoms with E-state index in [-0.39, 0.29) is 40.5 Å². The first kappa shape index (κ1) is 22.7. The topological polar surface area (TPSA) is 80.8 Å². The van der Waals surface area contributed by atoms with Crippen LogP contribution < -0.4 is 4.90 Å². The fraction of sp³-hybridized carbons (Fsp3) is 0.241. The Kier molecular flexibility index (Phi) is 4.96. The molecule has 1 fully saturated rings. The van der Waals surface area contributed by atoms with E-state index in [9.17, 15) is 19.2 Å². The van der Waals surface area contributed by atoms with Gasteiger partial charge in [-0.05, 0) is 54.3 Å². The molecular formula is C29H22ClNO5. The molecule has 2 bridgehead atoms. The molecule has 0 saturated carbocycles. The second kappa shape index (κ2) is 7.87. The first-order chi connectivity index (χ1) is 17.3. The molecule has 3 aliphatic carbocycles. The van der Waals surface area contributed by atoms with Gasteiger partial charge in [0.1, 0.15) is 5.78 Å². The Balaban J connectivity index is 1.58. The minimum absolute atomic E-state index is 0.0716. The summed E-state index contributed by atoms with van der Waals surface area (Å²) < 4.78 is 5.09. The number of esters is 1. The quantitative estimate of drug-likeness (QED) is 0.385. The van der Waals surface area contributed by atoms with Crippen molar-refractivity contribution in [2.24, 2.45) is 11.8 Å². The van der Waals surface area contributed by atoms with Crippen LogP contribution in [0.4, 0.5) is 5.69 Å². The Hall–Kier alpha value is -3.77. The number of nitrogens with zero attached hydrogens (tertiary/aromatic N) is 1. The first-order valence-corrected chi connectivity index (χ1v) is 12.3. The predicted molar refractivity (Wildman–Crippen MR) is 133 cm³/mol. The average Bonchev–Trinajstić information content (AvgIpc) is 3.15. The van der Waals surface area contributed by atoms with Gasteiger partial charge in [0.25, 0.3) is 0 Å². The van der Waals surface area contributed by atoms with Crippen molar-refractivity contribution < 1.29 is 23.9 Å². The summed E-state index contributed by atoms with van der Waals surface area (Å²) in [5.41, 5.74) is 2.41. The molecule has 1 aliphatic heterocycles. The van der Waals surface area contributed by atoms with Crippen LogP contribution >= 0.6 is 11.6 Å². The highest BCUT2D eigenvalue weighted by molar-refractivity contribution is 6.34. The highest BCUT2D eigenvalue weighted by Gasteiger charge is 2.70. The molecule has 180 valence electrons. The van der Waals surface area contributed by atoms with Crippen molar-refractivity contribution in [1.29, 1.82) is 0 Å². The molecular weight excluding hydrogens is 478 g/mol. The third-order valence-corrected chi connectivity index (χ3v) is 8.21. The molecule has 1 heterocycles. The molecule has 3 aromatic rings. The van der Waals surface area contributed by atoms with Gasteiger partial charge in [0.05, 0.1) is 40.1 Å². The van der Waals surface area contributed by atoms with Crippen LogP contribution in [0.25, 0.3) is 0 Å². The van der Waals surface area contributed by atoms with E-state index < -0.39 is 29.1 Å². The third-order valence-electron chi connectivity index (χ3n) is 7.88. The van der Waals surface area contributed by atoms with E-state index in [0.717, 1.165) is 27.2 Å². The largest absolute Gasteiger partial charge is 0.462 e. The number of carbonyl (C=O) groups is 4. The monoisotopic (exact) mass is 499 g/mol. The van der Waals surface area contributed by atoms with Crippen LogP contribution in [0.2, 0.25) is 5.02 Å². The van der Waals surface area contributed by atoms with E-state index in [2.05, 4.69) is 0 Å². The zero-order valence-corrected chi connectivity index (χ0v) is 20.4. The second-order valence-corrected chi connectivity index (χ2v) is 9.82. The average molecular weight is 500 g/mol. The third kappa shape index (κ3) is 2.68. The number of hydrogen-bond donors (Lipinski definition) is 0. The summed E-state index contributed by atoms with van der Waals surface area (Å²) in [6, 6.07) is 19.7. The molecule has 0 N–H and O–H groups in total. The standard InChI is InChI=1S/C29H22ClNO5/c1-3-36-28(35)19-14-16(12-13-22(19)30)31-26(33)24-23-17-8-4-6-10-20(17)29(15(2)32,25(24)27(31)34)21-11-7-5-9-18(21)23/h4-14,23-25H,3H2,1-2H3/t23?,24-,25+,29?/m0/s1. The first-order valence-electron chi connectivity index (χ1n) is 11.9. The van der Waals surface area contributed by atoms with Crippen LogP contribution in [0.15, 0.2) is 66.7 Å². The lowest BCUT2D eigenvalue weighted by atomic mass is 9.46. The van der Waals surface area contributed by atoms with Gasteiger partial charge in [-0.3, -0.25) is 14.4 Å². The maximum atomic E-state index is 14.2. The number of rotatable bonds is 4. The predicted octanol–water partition coefficient (Wildman–Crippen LogP) is 4.66. The molecule has 2 amide bonds. The molecule has 36 heavy (non-hydrogen) atoms. The number of amides is 2. The van der Waals surface area contributed by atoms with E-state index >= 15 is 0 Å². The van der Waals surface area contributed by atoms with E-state index in [1.54, 1.807) is 13.0 Å². The lowest BCUT2D eigenvalue weighted by Crippen LogP contribution is -2.57. The maximum absolute atomic E-state index is 14.2. The van der Waals surface area contributed by atoms with Crippen molar-refractivity contribution in [2.75, 3.05) is 11.5 Å². The summed E-state index contributed by atoms with van der Waals surface area (Å²) in [5.74, 6) is -3.65. The van der Waals surface area contributed by atoms with Gasteiger partial charge in [0.2, 0.25) is 11.8 Å². The number of hydrogen-bond acceptors (Lipinski definition) is 5. The van der Waals surface area contributed by atoms with Crippen LogP contribution in [-0.2, 0) is 24.5 Å². The molecule has 1 saturated heterocycles. The Morgan fingerprint density at radius 2 is 1.56 bits per heavy atom. The number of halogens is 1. The van der Waals surface area contributed by atoms with Crippen molar-refractivity contribution in [3.05, 3.63) is 99.6 Å². The fourth-order valence-electron chi connectivity index (χ4n) is 6.64. The smallest absolute Gasteiger partial charge is 0.339 e. The lowest BCUT2D eigenvalue weighted by molar-refractivity contribution is -0.132. The molecule has 2 atom stereocenters. The van der Waals surface area contributed by atoms with E-state index in [0.29, 0.717) is 0 Å². The Bertz CT molecular complexity index is 1450. The van der Waals surface area contributed by atoms with E-state index in [4.69, 9.17) is 16.3 Å². The summed E-state index contributed by atoms with van der Waals surface area (Å²) in [5, 5.41) is 0.161. The van der Waals surface area contributed by atoms with Crippen LogP contribution in [0.3, 0.4) is 0 Å². The highest BCUT2D eigenvalue weighted by atomic mass is 35.5. The summed E-state index contributed by atoms with van der Waals surface area (Å²) in [7, 11) is 0. The molecule has 7 heteroatoms. The van der Waals surface area contributed by atoms with Crippen molar-refractivity contribution in [3.8, 4) is 0 Å². The second-order valence-electron chi connectivity index (χ2n) is 9.42. The van der Waals surface area contributed by atoms with Gasteiger partial charge in [-0.2, -0.15) is 0 Å². The Labute approximate surface area is 212 Å². The molecule has 0 unspecified atom stereocenters. The van der Waals surface area contributed by atoms with E-state index in [1.165, 1.54) is 19.1 Å². The van der Waals surface area contributed by atoms with Gasteiger partial charge >= 0.3 is 5.97 Å². The van der Waals surface area contributed by atoms with Crippen LogP contribution in [0.5, 0.6) is 0 Å². The van der Waals surface area contributed by atoms with Gasteiger partial charge in [-0.15, -0.1) is 0 Å². The number of Topliss-reactive ketones (excluding diaryl/α,β-unsaturated/α-hetero) is 1. The Morgan fingerprint density at radius 1 is 0.944 bits per heavy atom. The summed E-state index contributed by atoms with van der Waals surface area (Å²) in [6.45, 7) is 3.34.